The van der Waals surface area contributed by atoms with Gasteiger partial charge in [0.25, 0.3) is 11.5 Å². The van der Waals surface area contributed by atoms with Gasteiger partial charge < -0.3 is 27.0 Å². The number of azo groups is 1. The van der Waals surface area contributed by atoms with Crippen LogP contribution in [0.5, 0.6) is 0 Å². The van der Waals surface area contributed by atoms with E-state index >= 15 is 0 Å². The Morgan fingerprint density at radius 1 is 1.14 bits per heavy atom. The van der Waals surface area contributed by atoms with E-state index in [1.807, 2.05) is 0 Å². The maximum absolute atomic E-state index is 12.2. The molecule has 0 fully saturated rings. The van der Waals surface area contributed by atoms with Crippen molar-refractivity contribution in [3.63, 3.8) is 0 Å². The molecule has 0 radical (unpaired) electrons. The molecule has 0 bridgehead atoms. The summed E-state index contributed by atoms with van der Waals surface area (Å²) in [7, 11) is 0. The summed E-state index contributed by atoms with van der Waals surface area (Å²) in [5.74, 6) is -3.58. The van der Waals surface area contributed by atoms with E-state index in [9.17, 15) is 19.2 Å². The normalized spacial score (nSPS) is 11.9. The third-order valence-electron chi connectivity index (χ3n) is 3.59. The van der Waals surface area contributed by atoms with E-state index in [0.29, 0.717) is 0 Å². The molecule has 152 valence electrons. The van der Waals surface area contributed by atoms with Crippen molar-refractivity contribution >= 4 is 41.0 Å². The van der Waals surface area contributed by atoms with Crippen LogP contribution in [0.25, 0.3) is 0 Å². The predicted octanol–water partition coefficient (Wildman–Crippen LogP) is 0.397. The number of hydrogen-bond donors (Lipinski definition) is 6. The second-order valence-electron chi connectivity index (χ2n) is 5.73. The number of nitrogens with zero attached hydrogens (tertiary/aromatic N) is 3. The molecule has 0 spiro atoms. The first kappa shape index (κ1) is 21.0. The fraction of sp³-hybridized carbons (Fsp3) is 0.188. The highest BCUT2D eigenvalue weighted by Crippen LogP contribution is 2.19. The number of aromatic nitrogens is 2. The summed E-state index contributed by atoms with van der Waals surface area (Å²) in [4.78, 5) is 51.5. The van der Waals surface area contributed by atoms with Gasteiger partial charge in [0.15, 0.2) is 11.5 Å². The SMILES string of the molecule is Nc1nc(N)c(N=Nc2ccc(C(=O)NC(CCC(=O)O)C(=O)O)cc2)c(=O)[nH]1. The first-order valence-corrected chi connectivity index (χ1v) is 8.10. The summed E-state index contributed by atoms with van der Waals surface area (Å²) in [6.07, 6.45) is -0.660. The fourth-order valence-electron chi connectivity index (χ4n) is 2.15. The molecule has 0 aliphatic carbocycles. The first-order chi connectivity index (χ1) is 13.7. The Kier molecular flexibility index (Phi) is 6.58. The van der Waals surface area contributed by atoms with Crippen molar-refractivity contribution in [2.75, 3.05) is 11.5 Å². The lowest BCUT2D eigenvalue weighted by Gasteiger charge is -2.13. The van der Waals surface area contributed by atoms with Crippen molar-refractivity contribution in [3.05, 3.63) is 40.2 Å². The van der Waals surface area contributed by atoms with Crippen molar-refractivity contribution in [3.8, 4) is 0 Å². The molecule has 1 heterocycles. The van der Waals surface area contributed by atoms with Gasteiger partial charge in [0, 0.05) is 12.0 Å². The quantitative estimate of drug-likeness (QED) is 0.335. The molecule has 0 saturated carbocycles. The number of nitrogen functional groups attached to an aromatic ring is 2. The third kappa shape index (κ3) is 5.85. The Morgan fingerprint density at radius 2 is 1.79 bits per heavy atom. The van der Waals surface area contributed by atoms with Crippen LogP contribution in [0.1, 0.15) is 23.2 Å². The van der Waals surface area contributed by atoms with Gasteiger partial charge in [0.05, 0.1) is 5.69 Å². The van der Waals surface area contributed by atoms with Gasteiger partial charge in [0.1, 0.15) is 6.04 Å². The zero-order valence-corrected chi connectivity index (χ0v) is 14.8. The summed E-state index contributed by atoms with van der Waals surface area (Å²) in [5.41, 5.74) is 10.4. The largest absolute Gasteiger partial charge is 0.481 e. The molecule has 1 amide bonds. The second kappa shape index (κ2) is 9.07. The van der Waals surface area contributed by atoms with E-state index < -0.39 is 35.9 Å². The average Bonchev–Trinajstić information content (AvgIpc) is 2.64. The van der Waals surface area contributed by atoms with Gasteiger partial charge in [0.2, 0.25) is 5.95 Å². The van der Waals surface area contributed by atoms with Crippen molar-refractivity contribution < 1.29 is 24.6 Å². The lowest BCUT2D eigenvalue weighted by atomic mass is 10.1. The van der Waals surface area contributed by atoms with E-state index in [1.54, 1.807) is 0 Å². The van der Waals surface area contributed by atoms with Crippen LogP contribution < -0.4 is 22.3 Å². The molecule has 2 aromatic rings. The highest BCUT2D eigenvalue weighted by atomic mass is 16.4. The van der Waals surface area contributed by atoms with Crippen LogP contribution in [0, 0.1) is 0 Å². The smallest absolute Gasteiger partial charge is 0.326 e. The Bertz CT molecular complexity index is 1020. The van der Waals surface area contributed by atoms with Gasteiger partial charge >= 0.3 is 11.9 Å². The number of carboxylic acid groups (broad SMARTS) is 2. The third-order valence-corrected chi connectivity index (χ3v) is 3.59. The van der Waals surface area contributed by atoms with Crippen molar-refractivity contribution in [2.45, 2.75) is 18.9 Å². The van der Waals surface area contributed by atoms with Crippen LogP contribution in [-0.2, 0) is 9.59 Å². The number of benzene rings is 1. The summed E-state index contributed by atoms with van der Waals surface area (Å²) < 4.78 is 0. The maximum Gasteiger partial charge on any atom is 0.326 e. The number of H-pyrrole nitrogens is 1. The van der Waals surface area contributed by atoms with E-state index in [2.05, 4.69) is 25.5 Å². The first-order valence-electron chi connectivity index (χ1n) is 8.10. The highest BCUT2D eigenvalue weighted by molar-refractivity contribution is 5.96. The highest BCUT2D eigenvalue weighted by Gasteiger charge is 2.21. The minimum Gasteiger partial charge on any atom is -0.481 e. The molecule has 13 heteroatoms. The van der Waals surface area contributed by atoms with E-state index in [4.69, 9.17) is 21.7 Å². The van der Waals surface area contributed by atoms with Crippen LogP contribution in [-0.4, -0.2) is 44.1 Å². The molecular weight excluding hydrogens is 386 g/mol. The maximum atomic E-state index is 12.2. The minimum atomic E-state index is -1.34. The molecule has 0 aliphatic rings. The van der Waals surface area contributed by atoms with Gasteiger partial charge in [-0.1, -0.05) is 0 Å². The number of carbonyl (C=O) groups excluding carboxylic acids is 1. The van der Waals surface area contributed by atoms with Crippen molar-refractivity contribution in [1.82, 2.24) is 15.3 Å². The number of carbonyl (C=O) groups is 3. The minimum absolute atomic E-state index is 0.122. The molecule has 29 heavy (non-hydrogen) atoms. The molecule has 1 aromatic heterocycles. The van der Waals surface area contributed by atoms with Gasteiger partial charge in [-0.2, -0.15) is 10.1 Å². The number of carboxylic acids is 2. The Morgan fingerprint density at radius 3 is 2.34 bits per heavy atom. The zero-order chi connectivity index (χ0) is 21.6. The molecule has 0 aliphatic heterocycles. The van der Waals surface area contributed by atoms with E-state index in [0.717, 1.165) is 0 Å². The fourth-order valence-corrected chi connectivity index (χ4v) is 2.15. The lowest BCUT2D eigenvalue weighted by Crippen LogP contribution is -2.41. The van der Waals surface area contributed by atoms with E-state index in [-0.39, 0.29) is 35.1 Å². The van der Waals surface area contributed by atoms with Crippen LogP contribution >= 0.6 is 0 Å². The van der Waals surface area contributed by atoms with Gasteiger partial charge in [-0.25, -0.2) is 4.79 Å². The molecular formula is C16H17N7O6. The van der Waals surface area contributed by atoms with Crippen LogP contribution in [0.15, 0.2) is 39.3 Å². The molecule has 0 saturated heterocycles. The summed E-state index contributed by atoms with van der Waals surface area (Å²) >= 11 is 0. The number of aromatic amines is 1. The Labute approximate surface area is 162 Å². The monoisotopic (exact) mass is 403 g/mol. The lowest BCUT2D eigenvalue weighted by molar-refractivity contribution is -0.140. The molecule has 8 N–H and O–H groups in total. The van der Waals surface area contributed by atoms with Crippen molar-refractivity contribution in [2.24, 2.45) is 10.2 Å². The van der Waals surface area contributed by atoms with Crippen LogP contribution in [0.2, 0.25) is 0 Å². The molecule has 1 aromatic carbocycles. The summed E-state index contributed by atoms with van der Waals surface area (Å²) in [6, 6.07) is 4.18. The number of nitrogens with two attached hydrogens (primary N) is 2. The summed E-state index contributed by atoms with van der Waals surface area (Å²) in [6.45, 7) is 0. The van der Waals surface area contributed by atoms with Gasteiger partial charge in [-0.3, -0.25) is 19.4 Å². The molecule has 13 nitrogen and oxygen atoms in total. The Hall–Kier alpha value is -4.29. The zero-order valence-electron chi connectivity index (χ0n) is 14.8. The standard InChI is InChI=1S/C16H17N7O6/c17-12-11(14(27)21-16(18)20-12)23-22-8-3-1-7(2-4-8)13(26)19-9(15(28)29)5-6-10(24)25/h1-4,9H,5-6H2,(H,19,26)(H,24,25)(H,28,29)(H5,17,18,20,21,27). The average molecular weight is 403 g/mol. The second-order valence-corrected chi connectivity index (χ2v) is 5.73. The van der Waals surface area contributed by atoms with Gasteiger partial charge in [-0.05, 0) is 30.7 Å². The predicted molar refractivity (Wildman–Crippen MR) is 100 cm³/mol. The number of aliphatic carboxylic acids is 2. The number of rotatable bonds is 8. The van der Waals surface area contributed by atoms with Crippen molar-refractivity contribution in [1.29, 1.82) is 0 Å². The molecule has 1 unspecified atom stereocenters. The Balaban J connectivity index is 2.09. The van der Waals surface area contributed by atoms with E-state index in [1.165, 1.54) is 24.3 Å². The molecule has 2 rings (SSSR count). The summed E-state index contributed by atoms with van der Waals surface area (Å²) in [5, 5.41) is 27.5. The van der Waals surface area contributed by atoms with Gasteiger partial charge in [-0.15, -0.1) is 5.11 Å². The van der Waals surface area contributed by atoms with Crippen LogP contribution in [0.3, 0.4) is 0 Å². The van der Waals surface area contributed by atoms with Crippen LogP contribution in [0.4, 0.5) is 23.1 Å². The molecule has 1 atom stereocenters. The number of nitrogens with one attached hydrogen (secondary N) is 2. The topological polar surface area (TPSA) is 226 Å². The number of hydrogen-bond acceptors (Lipinski definition) is 9. The number of amides is 1. The number of anilines is 2.